The minimum absolute atomic E-state index is 0.145. The Morgan fingerprint density at radius 2 is 2.06 bits per heavy atom. The van der Waals surface area contributed by atoms with E-state index >= 15 is 0 Å². The molecule has 0 aliphatic rings. The summed E-state index contributed by atoms with van der Waals surface area (Å²) in [5, 5.41) is 4.05. The first-order valence-corrected chi connectivity index (χ1v) is 5.54. The standard InChI is InChI=1S/C13H18N2O/c1-4-7-11(3)14-15-13(16)12-9-6-5-8-10(12)2/h5-6,8-9H,4,7H2,1-3H3,(H,15,16)/b14-11+. The highest BCUT2D eigenvalue weighted by Crippen LogP contribution is 2.06. The highest BCUT2D eigenvalue weighted by Gasteiger charge is 2.06. The summed E-state index contributed by atoms with van der Waals surface area (Å²) < 4.78 is 0. The fourth-order valence-electron chi connectivity index (χ4n) is 1.45. The van der Waals surface area contributed by atoms with E-state index in [2.05, 4.69) is 17.5 Å². The fourth-order valence-corrected chi connectivity index (χ4v) is 1.45. The van der Waals surface area contributed by atoms with Gasteiger partial charge in [-0.3, -0.25) is 4.79 Å². The molecule has 0 aliphatic heterocycles. The molecule has 86 valence electrons. The van der Waals surface area contributed by atoms with Gasteiger partial charge in [-0.1, -0.05) is 31.5 Å². The average molecular weight is 218 g/mol. The molecule has 1 N–H and O–H groups in total. The second-order valence-electron chi connectivity index (χ2n) is 3.85. The summed E-state index contributed by atoms with van der Waals surface area (Å²) in [4.78, 5) is 11.8. The Hall–Kier alpha value is -1.64. The lowest BCUT2D eigenvalue weighted by atomic mass is 10.1. The Kier molecular flexibility index (Phi) is 4.70. The highest BCUT2D eigenvalue weighted by molar-refractivity contribution is 5.96. The largest absolute Gasteiger partial charge is 0.271 e. The molecule has 0 spiro atoms. The summed E-state index contributed by atoms with van der Waals surface area (Å²) in [7, 11) is 0. The van der Waals surface area contributed by atoms with Crippen LogP contribution in [-0.2, 0) is 0 Å². The molecule has 1 rings (SSSR count). The number of hydrazone groups is 1. The quantitative estimate of drug-likeness (QED) is 0.612. The third-order valence-electron chi connectivity index (χ3n) is 2.35. The van der Waals surface area contributed by atoms with Crippen molar-refractivity contribution < 1.29 is 4.79 Å². The second kappa shape index (κ2) is 6.05. The molecule has 1 amide bonds. The molecule has 0 radical (unpaired) electrons. The molecule has 0 atom stereocenters. The topological polar surface area (TPSA) is 41.5 Å². The molecule has 0 aliphatic carbocycles. The number of benzene rings is 1. The number of amides is 1. The van der Waals surface area contributed by atoms with Crippen LogP contribution >= 0.6 is 0 Å². The number of carbonyl (C=O) groups excluding carboxylic acids is 1. The smallest absolute Gasteiger partial charge is 0.267 e. The Morgan fingerprint density at radius 1 is 1.38 bits per heavy atom. The number of nitrogens with zero attached hydrogens (tertiary/aromatic N) is 1. The SMILES string of the molecule is CCC/C(C)=N/NC(=O)c1ccccc1C. The number of carbonyl (C=O) groups is 1. The molecule has 3 nitrogen and oxygen atoms in total. The van der Waals surface area contributed by atoms with Crippen LogP contribution in [0.5, 0.6) is 0 Å². The zero-order chi connectivity index (χ0) is 12.0. The van der Waals surface area contributed by atoms with Crippen LogP contribution in [0.2, 0.25) is 0 Å². The van der Waals surface area contributed by atoms with Gasteiger partial charge in [-0.05, 0) is 31.9 Å². The molecule has 0 saturated carbocycles. The zero-order valence-corrected chi connectivity index (χ0v) is 10.1. The predicted molar refractivity (Wildman–Crippen MR) is 66.7 cm³/mol. The number of aryl methyl sites for hydroxylation is 1. The van der Waals surface area contributed by atoms with E-state index in [1.165, 1.54) is 0 Å². The van der Waals surface area contributed by atoms with E-state index in [-0.39, 0.29) is 5.91 Å². The number of hydrogen-bond donors (Lipinski definition) is 1. The maximum Gasteiger partial charge on any atom is 0.271 e. The van der Waals surface area contributed by atoms with Crippen molar-refractivity contribution in [2.24, 2.45) is 5.10 Å². The summed E-state index contributed by atoms with van der Waals surface area (Å²) in [6, 6.07) is 7.48. The van der Waals surface area contributed by atoms with Gasteiger partial charge in [0.2, 0.25) is 0 Å². The summed E-state index contributed by atoms with van der Waals surface area (Å²) >= 11 is 0. The van der Waals surface area contributed by atoms with Crippen molar-refractivity contribution >= 4 is 11.6 Å². The Labute approximate surface area is 96.6 Å². The summed E-state index contributed by atoms with van der Waals surface area (Å²) in [5.41, 5.74) is 5.16. The maximum atomic E-state index is 11.8. The highest BCUT2D eigenvalue weighted by atomic mass is 16.2. The van der Waals surface area contributed by atoms with E-state index < -0.39 is 0 Å². The minimum Gasteiger partial charge on any atom is -0.267 e. The molecule has 0 saturated heterocycles. The van der Waals surface area contributed by atoms with Crippen LogP contribution in [-0.4, -0.2) is 11.6 Å². The van der Waals surface area contributed by atoms with Crippen molar-refractivity contribution in [3.8, 4) is 0 Å². The van der Waals surface area contributed by atoms with Crippen LogP contribution in [0.4, 0.5) is 0 Å². The molecule has 0 heterocycles. The lowest BCUT2D eigenvalue weighted by Crippen LogP contribution is -2.19. The van der Waals surface area contributed by atoms with Crippen LogP contribution in [0.3, 0.4) is 0 Å². The molecule has 0 fully saturated rings. The van der Waals surface area contributed by atoms with E-state index in [0.717, 1.165) is 24.1 Å². The van der Waals surface area contributed by atoms with Crippen LogP contribution in [0.15, 0.2) is 29.4 Å². The fraction of sp³-hybridized carbons (Fsp3) is 0.385. The van der Waals surface area contributed by atoms with Crippen molar-refractivity contribution in [2.75, 3.05) is 0 Å². The van der Waals surface area contributed by atoms with Gasteiger partial charge in [0.1, 0.15) is 0 Å². The predicted octanol–water partition coefficient (Wildman–Crippen LogP) is 2.90. The average Bonchev–Trinajstić information content (AvgIpc) is 2.27. The van der Waals surface area contributed by atoms with Crippen molar-refractivity contribution in [1.29, 1.82) is 0 Å². The zero-order valence-electron chi connectivity index (χ0n) is 10.1. The third kappa shape index (κ3) is 3.50. The lowest BCUT2D eigenvalue weighted by molar-refractivity contribution is 0.0954. The normalized spacial score (nSPS) is 11.3. The van der Waals surface area contributed by atoms with E-state index in [1.807, 2.05) is 32.0 Å². The molecule has 0 bridgehead atoms. The second-order valence-corrected chi connectivity index (χ2v) is 3.85. The van der Waals surface area contributed by atoms with Crippen molar-refractivity contribution in [2.45, 2.75) is 33.6 Å². The molecule has 3 heteroatoms. The van der Waals surface area contributed by atoms with Crippen LogP contribution in [0.1, 0.15) is 42.6 Å². The Bertz CT molecular complexity index is 397. The van der Waals surface area contributed by atoms with Gasteiger partial charge in [0.25, 0.3) is 5.91 Å². The van der Waals surface area contributed by atoms with Gasteiger partial charge in [-0.25, -0.2) is 5.43 Å². The van der Waals surface area contributed by atoms with Gasteiger partial charge in [0.05, 0.1) is 0 Å². The summed E-state index contributed by atoms with van der Waals surface area (Å²) in [5.74, 6) is -0.145. The van der Waals surface area contributed by atoms with E-state index in [9.17, 15) is 4.79 Å². The molecule has 1 aromatic rings. The van der Waals surface area contributed by atoms with Gasteiger partial charge in [0, 0.05) is 11.3 Å². The van der Waals surface area contributed by atoms with Crippen molar-refractivity contribution in [3.05, 3.63) is 35.4 Å². The number of rotatable bonds is 4. The maximum absolute atomic E-state index is 11.8. The Morgan fingerprint density at radius 3 is 2.69 bits per heavy atom. The molecule has 16 heavy (non-hydrogen) atoms. The molecule has 0 aromatic heterocycles. The molecule has 1 aromatic carbocycles. The third-order valence-corrected chi connectivity index (χ3v) is 2.35. The first kappa shape index (κ1) is 12.4. The number of nitrogens with one attached hydrogen (secondary N) is 1. The van der Waals surface area contributed by atoms with Crippen LogP contribution < -0.4 is 5.43 Å². The van der Waals surface area contributed by atoms with E-state index in [4.69, 9.17) is 0 Å². The van der Waals surface area contributed by atoms with Gasteiger partial charge in [-0.15, -0.1) is 0 Å². The summed E-state index contributed by atoms with van der Waals surface area (Å²) in [6.07, 6.45) is 1.95. The molecule has 0 unspecified atom stereocenters. The van der Waals surface area contributed by atoms with Crippen LogP contribution in [0.25, 0.3) is 0 Å². The number of hydrogen-bond acceptors (Lipinski definition) is 2. The molecular formula is C13H18N2O. The summed E-state index contributed by atoms with van der Waals surface area (Å²) in [6.45, 7) is 5.92. The Balaban J connectivity index is 2.67. The van der Waals surface area contributed by atoms with Gasteiger partial charge in [0.15, 0.2) is 0 Å². The minimum atomic E-state index is -0.145. The van der Waals surface area contributed by atoms with Gasteiger partial charge < -0.3 is 0 Å². The first-order chi connectivity index (χ1) is 7.65. The van der Waals surface area contributed by atoms with E-state index in [0.29, 0.717) is 5.56 Å². The monoisotopic (exact) mass is 218 g/mol. The van der Waals surface area contributed by atoms with E-state index in [1.54, 1.807) is 6.07 Å². The lowest BCUT2D eigenvalue weighted by Gasteiger charge is -2.04. The van der Waals surface area contributed by atoms with Crippen molar-refractivity contribution in [3.63, 3.8) is 0 Å². The van der Waals surface area contributed by atoms with Crippen molar-refractivity contribution in [1.82, 2.24) is 5.43 Å². The van der Waals surface area contributed by atoms with Gasteiger partial charge in [-0.2, -0.15) is 5.10 Å². The first-order valence-electron chi connectivity index (χ1n) is 5.54. The van der Waals surface area contributed by atoms with Gasteiger partial charge >= 0.3 is 0 Å². The molecular weight excluding hydrogens is 200 g/mol. The van der Waals surface area contributed by atoms with Crippen LogP contribution in [0, 0.1) is 6.92 Å².